The number of rotatable bonds is 43. The molecule has 660 valence electrons. The van der Waals surface area contributed by atoms with Gasteiger partial charge in [0.05, 0.1) is 18.9 Å². The summed E-state index contributed by atoms with van der Waals surface area (Å²) in [6, 6.07) is -6.48. The zero-order chi connectivity index (χ0) is 88.8. The van der Waals surface area contributed by atoms with Gasteiger partial charge in [-0.05, 0) is 144 Å². The first kappa shape index (κ1) is 96.8. The maximum atomic E-state index is 15.0. The number of guanidine groups is 1. The quantitative estimate of drug-likeness (QED) is 0.0151. The van der Waals surface area contributed by atoms with E-state index in [2.05, 4.69) is 63.1 Å². The van der Waals surface area contributed by atoms with Crippen LogP contribution in [0.1, 0.15) is 168 Å². The molecule has 0 spiro atoms. The van der Waals surface area contributed by atoms with Gasteiger partial charge in [0.15, 0.2) is 5.96 Å². The van der Waals surface area contributed by atoms with E-state index in [-0.39, 0.29) is 140 Å². The first-order valence-corrected chi connectivity index (χ1v) is 40.3. The minimum atomic E-state index is -1.93. The molecule has 0 saturated carbocycles. The van der Waals surface area contributed by atoms with E-state index in [1.807, 2.05) is 18.2 Å². The number of aromatic hydroxyl groups is 1. The summed E-state index contributed by atoms with van der Waals surface area (Å²) in [5, 5.41) is 65.8. The molecule has 120 heavy (non-hydrogen) atoms. The molecule has 2 aromatic carbocycles. The molecule has 25 N–H and O–H groups in total. The second-order valence-electron chi connectivity index (χ2n) is 32.0. The van der Waals surface area contributed by atoms with E-state index in [1.54, 1.807) is 46.9 Å². The van der Waals surface area contributed by atoms with Gasteiger partial charge in [-0.2, -0.15) is 0 Å². The number of likely N-dealkylation sites (tertiary alicyclic amines) is 1. The Kier molecular flexibility index (Phi) is 37.4. The molecule has 4 heterocycles. The topological polar surface area (TPSA) is 659 Å². The number of carbonyl (C=O) groups is 17. The van der Waals surface area contributed by atoms with Crippen LogP contribution in [0.4, 0.5) is 0 Å². The Morgan fingerprint density at radius 1 is 0.625 bits per heavy atom. The van der Waals surface area contributed by atoms with Crippen LogP contribution in [0.2, 0.25) is 0 Å². The number of para-hydroxylation sites is 1. The van der Waals surface area contributed by atoms with Gasteiger partial charge in [0.1, 0.15) is 78.3 Å². The summed E-state index contributed by atoms with van der Waals surface area (Å²) in [5.41, 5.74) is 29.4. The van der Waals surface area contributed by atoms with Crippen molar-refractivity contribution in [1.82, 2.24) is 72.9 Å². The number of carboxylic acid groups (broad SMARTS) is 3. The van der Waals surface area contributed by atoms with Crippen molar-refractivity contribution in [3.63, 3.8) is 0 Å². The fourth-order valence-corrected chi connectivity index (χ4v) is 14.5. The standard InChI is InChI=1S/C79H118N20O21/c1-42(2)36-52(91-65(108)47(81)27-29-61(102)103)67(110)92-53(37-43-23-25-45(100)26-24-43)68(111)88-49(28-30-62(104)105)66(109)93-55(39-60(82)101)69(112)89-50(18-9-11-31-80)76(119)99-35-15-22-59(99)77(120)97(6)57(20-13-33-86-78(83)84)72(115)85-32-12-10-19-51-75(118)98-34-14-21-58(98)73(116)94-54(38-44-41-87-48-17-8-7-16-46(44)48)71(114)96-64(79(3,4)5)74(117)95-56(40-63(106)107)70(113)90-51/h7-8,16-17,23-26,41-42,47,49-59,64,87,100H,9-15,18-22,27-40,80-81H2,1-6H3,(H2,82,101)(H,85,115)(H,88,111)(H,89,112)(H,90,113)(H,91,108)(H,92,110)(H,93,109)(H,94,116)(H,95,117)(H,96,114)(H,102,103)(H,104,105)(H,106,107)(H4,83,84,86)/t47-,49-,50-,51-,52-,53-,54-,55-,56-,57-,58-,59-,64+/m0/s1. The Hall–Kier alpha value is -12.0. The number of fused-ring (bicyclic) bond motifs is 2. The number of amides is 14. The number of aromatic amines is 1. The number of carbonyl (C=O) groups excluding carboxylic acids is 14. The number of nitrogens with zero attached hydrogens (tertiary/aromatic N) is 4. The highest BCUT2D eigenvalue weighted by atomic mass is 16.4. The molecule has 1 aromatic heterocycles. The number of aliphatic carboxylic acids is 3. The number of nitrogens with one attached hydrogen (secondary N) is 11. The smallest absolute Gasteiger partial charge is 0.305 e. The summed E-state index contributed by atoms with van der Waals surface area (Å²) in [6.07, 6.45) is -1.42. The van der Waals surface area contributed by atoms with E-state index < -0.39 is 217 Å². The molecule has 41 heteroatoms. The lowest BCUT2D eigenvalue weighted by molar-refractivity contribution is -0.148. The fraction of sp³-hybridized carbons (Fsp3) is 0.595. The number of primary amides is 1. The fourth-order valence-electron chi connectivity index (χ4n) is 14.5. The molecule has 3 aliphatic rings. The maximum absolute atomic E-state index is 15.0. The van der Waals surface area contributed by atoms with Crippen LogP contribution < -0.4 is 81.8 Å². The van der Waals surface area contributed by atoms with Crippen LogP contribution in [0.5, 0.6) is 5.75 Å². The van der Waals surface area contributed by atoms with Crippen LogP contribution in [0, 0.1) is 11.3 Å². The Morgan fingerprint density at radius 2 is 1.23 bits per heavy atom. The predicted octanol–water partition coefficient (Wildman–Crippen LogP) is -3.19. The normalized spacial score (nSPS) is 19.6. The van der Waals surface area contributed by atoms with Crippen molar-refractivity contribution in [3.05, 3.63) is 65.9 Å². The summed E-state index contributed by atoms with van der Waals surface area (Å²) < 4.78 is 0. The minimum Gasteiger partial charge on any atom is -0.508 e. The predicted molar refractivity (Wildman–Crippen MR) is 434 cm³/mol. The lowest BCUT2D eigenvalue weighted by atomic mass is 9.85. The number of phenols is 1. The molecule has 3 fully saturated rings. The van der Waals surface area contributed by atoms with Crippen molar-refractivity contribution in [3.8, 4) is 5.75 Å². The molecule has 14 amide bonds. The van der Waals surface area contributed by atoms with Crippen molar-refractivity contribution in [2.45, 2.75) is 248 Å². The molecule has 3 aliphatic heterocycles. The Labute approximate surface area is 693 Å². The van der Waals surface area contributed by atoms with Crippen LogP contribution in [-0.4, -0.2) is 265 Å². The Morgan fingerprint density at radius 3 is 1.88 bits per heavy atom. The van der Waals surface area contributed by atoms with Gasteiger partial charge in [0.25, 0.3) is 0 Å². The number of carboxylic acids is 3. The number of hydrogen-bond acceptors (Lipinski definition) is 21. The summed E-state index contributed by atoms with van der Waals surface area (Å²) in [6.45, 7) is 8.42. The third-order valence-corrected chi connectivity index (χ3v) is 20.9. The molecule has 3 aromatic rings. The van der Waals surface area contributed by atoms with Gasteiger partial charge in [-0.1, -0.05) is 65.0 Å². The number of hydrogen-bond donors (Lipinski definition) is 20. The highest BCUT2D eigenvalue weighted by Gasteiger charge is 2.45. The van der Waals surface area contributed by atoms with Gasteiger partial charge in [0, 0.05) is 76.0 Å². The van der Waals surface area contributed by atoms with Crippen molar-refractivity contribution < 1.29 is 102 Å². The average Bonchev–Trinajstić information content (AvgIpc) is 1.71. The number of aliphatic imine (C=N–C) groups is 1. The third-order valence-electron chi connectivity index (χ3n) is 20.9. The van der Waals surface area contributed by atoms with Crippen LogP contribution in [0.25, 0.3) is 10.9 Å². The van der Waals surface area contributed by atoms with Crippen LogP contribution in [0.3, 0.4) is 0 Å². The number of unbranched alkanes of at least 4 members (excludes halogenated alkanes) is 2. The van der Waals surface area contributed by atoms with Crippen LogP contribution in [-0.2, 0) is 94.3 Å². The summed E-state index contributed by atoms with van der Waals surface area (Å²) in [5.74, 6) is -17.6. The molecule has 41 nitrogen and oxygen atoms in total. The first-order chi connectivity index (χ1) is 56.7. The van der Waals surface area contributed by atoms with E-state index in [4.69, 9.17) is 33.8 Å². The maximum Gasteiger partial charge on any atom is 0.305 e. The molecule has 6 rings (SSSR count). The number of aromatic nitrogens is 1. The number of nitrogens with two attached hydrogens (primary N) is 5. The van der Waals surface area contributed by atoms with Gasteiger partial charge in [-0.3, -0.25) is 86.5 Å². The number of phenolic OH excluding ortho intramolecular Hbond substituents is 1. The second kappa shape index (κ2) is 46.4. The summed E-state index contributed by atoms with van der Waals surface area (Å²) in [7, 11) is 1.35. The lowest BCUT2D eigenvalue weighted by Crippen LogP contribution is -2.61. The van der Waals surface area contributed by atoms with Crippen molar-refractivity contribution in [1.29, 1.82) is 0 Å². The lowest BCUT2D eigenvalue weighted by Gasteiger charge is -2.34. The molecule has 0 unspecified atom stereocenters. The average molecular weight is 1680 g/mol. The third kappa shape index (κ3) is 29.8. The number of benzene rings is 2. The van der Waals surface area contributed by atoms with Crippen LogP contribution in [0.15, 0.2) is 59.7 Å². The zero-order valence-electron chi connectivity index (χ0n) is 68.6. The van der Waals surface area contributed by atoms with E-state index in [0.717, 1.165) is 15.8 Å². The van der Waals surface area contributed by atoms with Crippen LogP contribution >= 0.6 is 0 Å². The van der Waals surface area contributed by atoms with E-state index in [9.17, 15) is 92.0 Å². The Balaban J connectivity index is 1.20. The Bertz CT molecular complexity index is 4180. The van der Waals surface area contributed by atoms with E-state index in [0.29, 0.717) is 24.0 Å². The zero-order valence-corrected chi connectivity index (χ0v) is 68.6. The van der Waals surface area contributed by atoms with Gasteiger partial charge in [-0.15, -0.1) is 0 Å². The molecule has 3 saturated heterocycles. The highest BCUT2D eigenvalue weighted by Crippen LogP contribution is 2.28. The number of likely N-dealkylation sites (N-methyl/N-ethyl adjacent to an activating group) is 1. The first-order valence-electron chi connectivity index (χ1n) is 40.3. The second-order valence-corrected chi connectivity index (χ2v) is 32.0. The highest BCUT2D eigenvalue weighted by molar-refractivity contribution is 6.02. The summed E-state index contributed by atoms with van der Waals surface area (Å²) >= 11 is 0. The van der Waals surface area contributed by atoms with Gasteiger partial charge >= 0.3 is 17.9 Å². The van der Waals surface area contributed by atoms with Crippen molar-refractivity contribution in [2.75, 3.05) is 39.8 Å². The molecular weight excluding hydrogens is 1560 g/mol. The molecular formula is C79H118N20O21. The largest absolute Gasteiger partial charge is 0.508 e. The molecule has 0 radical (unpaired) electrons. The molecule has 0 aliphatic carbocycles. The van der Waals surface area contributed by atoms with Gasteiger partial charge < -0.3 is 122 Å². The van der Waals surface area contributed by atoms with Crippen molar-refractivity contribution >= 4 is 117 Å². The minimum absolute atomic E-state index is 0.0130. The molecule has 0 bridgehead atoms. The van der Waals surface area contributed by atoms with E-state index in [1.165, 1.54) is 41.1 Å². The van der Waals surface area contributed by atoms with Gasteiger partial charge in [-0.25, -0.2) is 0 Å². The number of H-pyrrole nitrogens is 1. The monoisotopic (exact) mass is 1680 g/mol. The van der Waals surface area contributed by atoms with Gasteiger partial charge in [0.2, 0.25) is 82.7 Å². The summed E-state index contributed by atoms with van der Waals surface area (Å²) in [4.78, 5) is 247. The molecule has 13 atom stereocenters. The van der Waals surface area contributed by atoms with E-state index >= 15 is 4.79 Å². The SMILES string of the molecule is CC(C)C[C@H](NC(=O)[C@@H](N)CCC(=O)O)C(=O)N[C@@H](Cc1ccc(O)cc1)C(=O)N[C@@H](CCC(=O)O)C(=O)N[C@@H](CC(N)=O)C(=O)N[C@@H](CCCCN)C(=O)N1CCC[C@H]1C(=O)N(C)[C@@H](CCCN=C(N)N)C(=O)NCCCC[C@@H]1NC(=O)[C@H](CC(=O)O)NC(=O)[C@H](C(C)(C)C)NC(=O)[C@H](Cc2c[nH]c3ccccc23)NC(=O)[C@@H]2CCCN2C1=O. The van der Waals surface area contributed by atoms with Crippen molar-refractivity contribution in [2.24, 2.45) is 45.0 Å².